The molecule has 1 unspecified atom stereocenters. The van der Waals surface area contributed by atoms with Gasteiger partial charge in [-0.15, -0.1) is 0 Å². The molecule has 0 aromatic heterocycles. The molecule has 0 saturated carbocycles. The standard InChI is InChI=1S/C11H10N2O3/c1-8(6-7-12)11(14)9-4-2-3-5-10(9)13(15)16/h2-5,8H,6H2,1H3. The third kappa shape index (κ3) is 2.42. The summed E-state index contributed by atoms with van der Waals surface area (Å²) in [5.74, 6) is -0.889. The minimum absolute atomic E-state index is 0.0604. The van der Waals surface area contributed by atoms with Gasteiger partial charge in [0.25, 0.3) is 5.69 Å². The number of hydrogen-bond acceptors (Lipinski definition) is 4. The topological polar surface area (TPSA) is 84.0 Å². The molecule has 0 fully saturated rings. The third-order valence-electron chi connectivity index (χ3n) is 2.21. The molecule has 0 radical (unpaired) electrons. The van der Waals surface area contributed by atoms with E-state index in [1.807, 2.05) is 6.07 Å². The lowest BCUT2D eigenvalue weighted by Gasteiger charge is -2.06. The third-order valence-corrected chi connectivity index (χ3v) is 2.21. The second kappa shape index (κ2) is 5.03. The van der Waals surface area contributed by atoms with Gasteiger partial charge >= 0.3 is 0 Å². The van der Waals surface area contributed by atoms with Crippen molar-refractivity contribution in [1.29, 1.82) is 5.26 Å². The maximum absolute atomic E-state index is 11.8. The normalized spacial score (nSPS) is 11.5. The van der Waals surface area contributed by atoms with Gasteiger partial charge in [0.15, 0.2) is 5.78 Å². The fourth-order valence-electron chi connectivity index (χ4n) is 1.34. The highest BCUT2D eigenvalue weighted by molar-refractivity contribution is 6.01. The fraction of sp³-hybridized carbons (Fsp3) is 0.273. The predicted molar refractivity (Wildman–Crippen MR) is 56.8 cm³/mol. The van der Waals surface area contributed by atoms with Crippen molar-refractivity contribution in [2.24, 2.45) is 5.92 Å². The molecule has 1 rings (SSSR count). The molecule has 0 bridgehead atoms. The number of nitro groups is 1. The molecule has 0 saturated heterocycles. The monoisotopic (exact) mass is 218 g/mol. The number of carbonyl (C=O) groups is 1. The molecule has 82 valence electrons. The van der Waals surface area contributed by atoms with Crippen molar-refractivity contribution >= 4 is 11.5 Å². The van der Waals surface area contributed by atoms with Gasteiger partial charge in [-0.25, -0.2) is 0 Å². The smallest absolute Gasteiger partial charge is 0.280 e. The molecule has 1 aromatic carbocycles. The number of benzene rings is 1. The van der Waals surface area contributed by atoms with Crippen molar-refractivity contribution < 1.29 is 9.72 Å². The lowest BCUT2D eigenvalue weighted by atomic mass is 9.96. The Morgan fingerprint density at radius 2 is 2.19 bits per heavy atom. The first-order chi connectivity index (χ1) is 7.57. The summed E-state index contributed by atoms with van der Waals surface area (Å²) in [6, 6.07) is 7.64. The van der Waals surface area contributed by atoms with Crippen LogP contribution in [0.2, 0.25) is 0 Å². The van der Waals surface area contributed by atoms with Gasteiger partial charge in [0.2, 0.25) is 0 Å². The summed E-state index contributed by atoms with van der Waals surface area (Å²) in [6.07, 6.45) is 0.0604. The molecule has 5 heteroatoms. The Hall–Kier alpha value is -2.22. The van der Waals surface area contributed by atoms with Crippen molar-refractivity contribution in [2.45, 2.75) is 13.3 Å². The van der Waals surface area contributed by atoms with Crippen molar-refractivity contribution in [3.8, 4) is 6.07 Å². The van der Waals surface area contributed by atoms with E-state index in [4.69, 9.17) is 5.26 Å². The maximum atomic E-state index is 11.8. The number of ketones is 1. The maximum Gasteiger partial charge on any atom is 0.280 e. The van der Waals surface area contributed by atoms with Crippen molar-refractivity contribution in [3.05, 3.63) is 39.9 Å². The Bertz CT molecular complexity index is 463. The second-order valence-electron chi connectivity index (χ2n) is 3.40. The van der Waals surface area contributed by atoms with Gasteiger partial charge in [-0.2, -0.15) is 5.26 Å². The molecule has 0 N–H and O–H groups in total. The zero-order valence-electron chi connectivity index (χ0n) is 8.71. The van der Waals surface area contributed by atoms with Crippen LogP contribution in [0.15, 0.2) is 24.3 Å². The van der Waals surface area contributed by atoms with Crippen LogP contribution in [0, 0.1) is 27.4 Å². The Labute approximate surface area is 92.5 Å². The number of nitrogens with zero attached hydrogens (tertiary/aromatic N) is 2. The SMILES string of the molecule is CC(CC#N)C(=O)c1ccccc1[N+](=O)[O-]. The Balaban J connectivity index is 3.09. The van der Waals surface area contributed by atoms with Crippen LogP contribution in [0.3, 0.4) is 0 Å². The van der Waals surface area contributed by atoms with Crippen LogP contribution < -0.4 is 0 Å². The summed E-state index contributed by atoms with van der Waals surface area (Å²) in [6.45, 7) is 1.59. The van der Waals surface area contributed by atoms with E-state index in [2.05, 4.69) is 0 Å². The lowest BCUT2D eigenvalue weighted by molar-refractivity contribution is -0.385. The highest BCUT2D eigenvalue weighted by atomic mass is 16.6. The largest absolute Gasteiger partial charge is 0.294 e. The number of nitro benzene ring substituents is 1. The fourth-order valence-corrected chi connectivity index (χ4v) is 1.34. The van der Waals surface area contributed by atoms with Gasteiger partial charge in [-0.05, 0) is 6.07 Å². The molecule has 16 heavy (non-hydrogen) atoms. The molecule has 0 aliphatic carbocycles. The van der Waals surface area contributed by atoms with E-state index in [9.17, 15) is 14.9 Å². The van der Waals surface area contributed by atoms with Gasteiger partial charge < -0.3 is 0 Å². The number of nitriles is 1. The van der Waals surface area contributed by atoms with Crippen LogP contribution in [0.5, 0.6) is 0 Å². The van der Waals surface area contributed by atoms with E-state index in [1.165, 1.54) is 18.2 Å². The summed E-state index contributed by atoms with van der Waals surface area (Å²) in [5.41, 5.74) is -0.146. The minimum atomic E-state index is -0.591. The Morgan fingerprint density at radius 1 is 1.56 bits per heavy atom. The molecule has 0 spiro atoms. The highest BCUT2D eigenvalue weighted by Crippen LogP contribution is 2.22. The molecule has 0 aliphatic rings. The van der Waals surface area contributed by atoms with Crippen molar-refractivity contribution in [3.63, 3.8) is 0 Å². The molecular formula is C11H10N2O3. The number of hydrogen-bond donors (Lipinski definition) is 0. The second-order valence-corrected chi connectivity index (χ2v) is 3.40. The first-order valence-corrected chi connectivity index (χ1v) is 4.72. The van der Waals surface area contributed by atoms with Crippen LogP contribution in [-0.4, -0.2) is 10.7 Å². The number of Topliss-reactive ketones (excluding diaryl/α,β-unsaturated/α-hetero) is 1. The Morgan fingerprint density at radius 3 is 2.75 bits per heavy atom. The summed E-state index contributed by atoms with van der Waals surface area (Å²) < 4.78 is 0. The molecule has 0 amide bonds. The number of para-hydroxylation sites is 1. The van der Waals surface area contributed by atoms with Crippen LogP contribution >= 0.6 is 0 Å². The van der Waals surface area contributed by atoms with Crippen LogP contribution in [0.25, 0.3) is 0 Å². The summed E-state index contributed by atoms with van der Waals surface area (Å²) in [4.78, 5) is 21.9. The van der Waals surface area contributed by atoms with Gasteiger partial charge in [0, 0.05) is 18.4 Å². The van der Waals surface area contributed by atoms with E-state index in [0.717, 1.165) is 0 Å². The first kappa shape index (κ1) is 11.9. The lowest BCUT2D eigenvalue weighted by Crippen LogP contribution is -2.12. The van der Waals surface area contributed by atoms with Crippen molar-refractivity contribution in [1.82, 2.24) is 0 Å². The Kier molecular flexibility index (Phi) is 3.72. The molecular weight excluding hydrogens is 208 g/mol. The van der Waals surface area contributed by atoms with Gasteiger partial charge in [0.1, 0.15) is 0 Å². The summed E-state index contributed by atoms with van der Waals surface area (Å²) in [7, 11) is 0. The van der Waals surface area contributed by atoms with E-state index in [0.29, 0.717) is 0 Å². The number of rotatable bonds is 4. The van der Waals surface area contributed by atoms with Gasteiger partial charge in [-0.3, -0.25) is 14.9 Å². The summed E-state index contributed by atoms with van der Waals surface area (Å²) in [5, 5.41) is 19.2. The predicted octanol–water partition coefficient (Wildman–Crippen LogP) is 2.33. The average Bonchev–Trinajstić information content (AvgIpc) is 2.28. The van der Waals surface area contributed by atoms with Crippen LogP contribution in [0.4, 0.5) is 5.69 Å². The van der Waals surface area contributed by atoms with E-state index < -0.39 is 10.8 Å². The summed E-state index contributed by atoms with van der Waals surface area (Å²) >= 11 is 0. The highest BCUT2D eigenvalue weighted by Gasteiger charge is 2.23. The van der Waals surface area contributed by atoms with E-state index >= 15 is 0 Å². The van der Waals surface area contributed by atoms with E-state index in [1.54, 1.807) is 13.0 Å². The molecule has 0 heterocycles. The van der Waals surface area contributed by atoms with Crippen LogP contribution in [-0.2, 0) is 0 Å². The van der Waals surface area contributed by atoms with Crippen LogP contribution in [0.1, 0.15) is 23.7 Å². The molecule has 5 nitrogen and oxygen atoms in total. The minimum Gasteiger partial charge on any atom is -0.294 e. The number of carbonyl (C=O) groups excluding carboxylic acids is 1. The first-order valence-electron chi connectivity index (χ1n) is 4.72. The average molecular weight is 218 g/mol. The molecule has 1 atom stereocenters. The van der Waals surface area contributed by atoms with Crippen molar-refractivity contribution in [2.75, 3.05) is 0 Å². The van der Waals surface area contributed by atoms with E-state index in [-0.39, 0.29) is 23.5 Å². The molecule has 1 aromatic rings. The van der Waals surface area contributed by atoms with Gasteiger partial charge in [-0.1, -0.05) is 19.1 Å². The molecule has 0 aliphatic heterocycles. The zero-order chi connectivity index (χ0) is 12.1. The zero-order valence-corrected chi connectivity index (χ0v) is 8.71. The van der Waals surface area contributed by atoms with Gasteiger partial charge in [0.05, 0.1) is 16.6 Å². The quantitative estimate of drug-likeness (QED) is 0.441.